The van der Waals surface area contributed by atoms with Gasteiger partial charge in [0, 0.05) is 21.8 Å². The van der Waals surface area contributed by atoms with E-state index in [4.69, 9.17) is 9.84 Å². The maximum Gasteiger partial charge on any atom is 0.341 e. The van der Waals surface area contributed by atoms with Crippen molar-refractivity contribution in [2.45, 2.75) is 4.90 Å². The molecule has 3 aromatic carbocycles. The molecule has 0 radical (unpaired) electrons. The molecule has 0 aliphatic rings. The maximum atomic E-state index is 14.4. The third kappa shape index (κ3) is 5.82. The van der Waals surface area contributed by atoms with Crippen molar-refractivity contribution in [2.75, 3.05) is 12.4 Å². The summed E-state index contributed by atoms with van der Waals surface area (Å²) in [5, 5.41) is 8.72. The van der Waals surface area contributed by atoms with E-state index >= 15 is 0 Å². The van der Waals surface area contributed by atoms with Gasteiger partial charge in [0.15, 0.2) is 6.61 Å². The van der Waals surface area contributed by atoms with Crippen molar-refractivity contribution in [1.29, 1.82) is 0 Å². The highest BCUT2D eigenvalue weighted by Crippen LogP contribution is 2.31. The highest BCUT2D eigenvalue weighted by atomic mass is 127. The fourth-order valence-electron chi connectivity index (χ4n) is 2.77. The molecule has 154 valence electrons. The Morgan fingerprint density at radius 2 is 1.60 bits per heavy atom. The van der Waals surface area contributed by atoms with Gasteiger partial charge in [-0.05, 0) is 58.5 Å². The molecule has 0 unspecified atom stereocenters. The molecule has 3 aromatic rings. The van der Waals surface area contributed by atoms with Crippen LogP contribution in [-0.4, -0.2) is 23.4 Å². The normalized spacial score (nSPS) is 10.5. The number of rotatable bonds is 8. The highest BCUT2D eigenvalue weighted by molar-refractivity contribution is 14.1. The van der Waals surface area contributed by atoms with Crippen molar-refractivity contribution >= 4 is 45.9 Å². The zero-order valence-corrected chi connectivity index (χ0v) is 18.6. The number of benzene rings is 3. The van der Waals surface area contributed by atoms with E-state index in [0.29, 0.717) is 28.2 Å². The molecule has 0 amide bonds. The molecule has 0 aromatic heterocycles. The molecule has 0 spiro atoms. The van der Waals surface area contributed by atoms with Crippen LogP contribution in [0.25, 0.3) is 5.57 Å². The zero-order valence-electron chi connectivity index (χ0n) is 15.6. The summed E-state index contributed by atoms with van der Waals surface area (Å²) < 4.78 is 34.8. The summed E-state index contributed by atoms with van der Waals surface area (Å²) >= 11 is 3.58. The smallest absolute Gasteiger partial charge is 0.341 e. The lowest BCUT2D eigenvalue weighted by atomic mass is 9.97. The second-order valence-electron chi connectivity index (χ2n) is 6.16. The van der Waals surface area contributed by atoms with E-state index < -0.39 is 24.2 Å². The first-order chi connectivity index (χ1) is 14.5. The minimum atomic E-state index is -1.04. The quantitative estimate of drug-likeness (QED) is 0.272. The number of carbonyl (C=O) groups is 1. The van der Waals surface area contributed by atoms with Crippen LogP contribution in [-0.2, 0) is 4.79 Å². The number of thioether (sulfide) groups is 1. The van der Waals surface area contributed by atoms with Crippen molar-refractivity contribution in [3.8, 4) is 5.75 Å². The van der Waals surface area contributed by atoms with E-state index in [-0.39, 0.29) is 0 Å². The van der Waals surface area contributed by atoms with Crippen molar-refractivity contribution in [2.24, 2.45) is 0 Å². The van der Waals surface area contributed by atoms with E-state index in [2.05, 4.69) is 22.6 Å². The van der Waals surface area contributed by atoms with Gasteiger partial charge in [-0.1, -0.05) is 42.5 Å². The molecule has 0 atom stereocenters. The van der Waals surface area contributed by atoms with Crippen LogP contribution in [0, 0.1) is 15.2 Å². The van der Waals surface area contributed by atoms with Gasteiger partial charge in [-0.25, -0.2) is 13.6 Å². The monoisotopic (exact) mass is 538 g/mol. The lowest BCUT2D eigenvalue weighted by molar-refractivity contribution is -0.139. The summed E-state index contributed by atoms with van der Waals surface area (Å²) in [6.45, 7) is -0.403. The number of carboxylic acid groups (broad SMARTS) is 1. The third-order valence-electron chi connectivity index (χ3n) is 4.12. The summed E-state index contributed by atoms with van der Waals surface area (Å²) in [5.41, 5.74) is 1.18. The highest BCUT2D eigenvalue weighted by Gasteiger charge is 2.13. The van der Waals surface area contributed by atoms with Crippen LogP contribution in [0.1, 0.15) is 11.1 Å². The number of carboxylic acids is 1. The summed E-state index contributed by atoms with van der Waals surface area (Å²) in [7, 11) is 0. The van der Waals surface area contributed by atoms with Crippen LogP contribution in [0.4, 0.5) is 8.78 Å². The lowest BCUT2D eigenvalue weighted by Crippen LogP contribution is -2.10. The molecule has 3 rings (SSSR count). The van der Waals surface area contributed by atoms with E-state index in [1.54, 1.807) is 42.5 Å². The number of halogens is 3. The molecule has 3 nitrogen and oxygen atoms in total. The fourth-order valence-corrected chi connectivity index (χ4v) is 4.46. The van der Waals surface area contributed by atoms with E-state index in [0.717, 1.165) is 8.47 Å². The third-order valence-corrected chi connectivity index (χ3v) is 5.88. The Kier molecular flexibility index (Phi) is 7.87. The van der Waals surface area contributed by atoms with Crippen LogP contribution in [0.2, 0.25) is 0 Å². The van der Waals surface area contributed by atoms with Crippen molar-refractivity contribution in [3.63, 3.8) is 0 Å². The van der Waals surface area contributed by atoms with Crippen molar-refractivity contribution in [3.05, 3.63) is 99.1 Å². The van der Waals surface area contributed by atoms with Crippen LogP contribution < -0.4 is 4.74 Å². The largest absolute Gasteiger partial charge is 0.481 e. The van der Waals surface area contributed by atoms with Crippen LogP contribution in [0.3, 0.4) is 0 Å². The maximum absolute atomic E-state index is 14.4. The second-order valence-corrected chi connectivity index (χ2v) is 8.42. The molecule has 0 aliphatic carbocycles. The molecule has 0 heterocycles. The van der Waals surface area contributed by atoms with Crippen LogP contribution in [0.15, 0.2) is 77.7 Å². The Morgan fingerprint density at radius 1 is 1.00 bits per heavy atom. The van der Waals surface area contributed by atoms with Gasteiger partial charge in [-0.3, -0.25) is 0 Å². The standard InChI is InChI=1S/C23H17F2IO3S/c24-19-7-3-1-5-17(19)16(18-6-2-4-8-20(18)25)11-12-30-15-9-10-22(21(26)13-15)29-14-23(27)28/h1-11,13H,12,14H2,(H,27,28). The Bertz CT molecular complexity index is 1040. The number of aliphatic carboxylic acids is 1. The minimum absolute atomic E-state index is 0.343. The Morgan fingerprint density at radius 3 is 2.13 bits per heavy atom. The zero-order chi connectivity index (χ0) is 21.5. The van der Waals surface area contributed by atoms with Gasteiger partial charge in [-0.15, -0.1) is 11.8 Å². The molecular weight excluding hydrogens is 521 g/mol. The summed E-state index contributed by atoms with van der Waals surface area (Å²) in [4.78, 5) is 11.6. The van der Waals surface area contributed by atoms with Gasteiger partial charge >= 0.3 is 5.97 Å². The van der Waals surface area contributed by atoms with Gasteiger partial charge in [0.2, 0.25) is 0 Å². The first-order valence-electron chi connectivity index (χ1n) is 8.92. The fraction of sp³-hybridized carbons (Fsp3) is 0.0870. The number of hydrogen-bond donors (Lipinski definition) is 1. The van der Waals surface area contributed by atoms with E-state index in [1.807, 2.05) is 18.2 Å². The predicted octanol–water partition coefficient (Wildman–Crippen LogP) is 6.26. The first kappa shape index (κ1) is 22.3. The van der Waals surface area contributed by atoms with E-state index in [1.165, 1.54) is 23.9 Å². The van der Waals surface area contributed by atoms with Crippen molar-refractivity contribution < 1.29 is 23.4 Å². The SMILES string of the molecule is O=C(O)COc1ccc(SCC=C(c2ccccc2F)c2ccccc2F)cc1I. The Hall–Kier alpha value is -2.39. The van der Waals surface area contributed by atoms with Crippen molar-refractivity contribution in [1.82, 2.24) is 0 Å². The molecule has 0 aliphatic heterocycles. The van der Waals surface area contributed by atoms with E-state index in [9.17, 15) is 13.6 Å². The summed E-state index contributed by atoms with van der Waals surface area (Å²) in [6.07, 6.45) is 1.81. The minimum Gasteiger partial charge on any atom is -0.481 e. The summed E-state index contributed by atoms with van der Waals surface area (Å²) in [5.74, 6) is -0.874. The first-order valence-corrected chi connectivity index (χ1v) is 11.0. The van der Waals surface area contributed by atoms with Crippen LogP contribution >= 0.6 is 34.4 Å². The van der Waals surface area contributed by atoms with Gasteiger partial charge in [0.05, 0.1) is 3.57 Å². The average molecular weight is 538 g/mol. The lowest BCUT2D eigenvalue weighted by Gasteiger charge is -2.11. The van der Waals surface area contributed by atoms with Crippen LogP contribution in [0.5, 0.6) is 5.75 Å². The predicted molar refractivity (Wildman–Crippen MR) is 123 cm³/mol. The van der Waals surface area contributed by atoms with Gasteiger partial charge in [0.1, 0.15) is 17.4 Å². The molecule has 0 saturated heterocycles. The average Bonchev–Trinajstić information content (AvgIpc) is 2.72. The number of hydrogen-bond acceptors (Lipinski definition) is 3. The topological polar surface area (TPSA) is 46.5 Å². The molecular formula is C23H17F2IO3S. The van der Waals surface area contributed by atoms with Gasteiger partial charge in [0.25, 0.3) is 0 Å². The Labute approximate surface area is 190 Å². The van der Waals surface area contributed by atoms with Gasteiger partial charge < -0.3 is 9.84 Å². The molecule has 7 heteroatoms. The van der Waals surface area contributed by atoms with Gasteiger partial charge in [-0.2, -0.15) is 0 Å². The molecule has 0 fully saturated rings. The molecule has 0 bridgehead atoms. The second kappa shape index (κ2) is 10.6. The molecule has 0 saturated carbocycles. The molecule has 30 heavy (non-hydrogen) atoms. The molecule has 1 N–H and O–H groups in total. The Balaban J connectivity index is 1.82. The summed E-state index contributed by atoms with van der Waals surface area (Å²) in [6, 6.07) is 18.0. The number of ether oxygens (including phenoxy) is 1.